The maximum Gasteiger partial charge on any atom is 0.145 e. The second-order valence-corrected chi connectivity index (χ2v) is 5.13. The molecule has 1 aromatic heterocycles. The third-order valence-electron chi connectivity index (χ3n) is 3.20. The first kappa shape index (κ1) is 15.2. The molecule has 2 rings (SSSR count). The Morgan fingerprint density at radius 3 is 2.67 bits per heavy atom. The summed E-state index contributed by atoms with van der Waals surface area (Å²) in [6.45, 7) is 3.92. The number of anilines is 1. The van der Waals surface area contributed by atoms with Gasteiger partial charge in [0.2, 0.25) is 0 Å². The van der Waals surface area contributed by atoms with Crippen LogP contribution >= 0.6 is 0 Å². The largest absolute Gasteiger partial charge is 0.508 e. The molecule has 6 heteroatoms. The molecule has 1 atom stereocenters. The zero-order valence-electron chi connectivity index (χ0n) is 11.9. The van der Waals surface area contributed by atoms with E-state index in [1.54, 1.807) is 0 Å². The molecule has 5 nitrogen and oxygen atoms in total. The van der Waals surface area contributed by atoms with Crippen LogP contribution in [0.15, 0.2) is 30.6 Å². The molecule has 0 fully saturated rings. The number of aromatic hydroxyl groups is 1. The molecule has 21 heavy (non-hydrogen) atoms. The van der Waals surface area contributed by atoms with Crippen LogP contribution in [-0.4, -0.2) is 32.8 Å². The topological polar surface area (TPSA) is 78.3 Å². The van der Waals surface area contributed by atoms with Crippen molar-refractivity contribution >= 4 is 5.82 Å². The second kappa shape index (κ2) is 6.49. The standard InChI is InChI=1S/C15H18FN3O2/c1-9(2)14(8-20)19-15-7-17-6-13(18-15)11-4-3-10(21)5-12(11)16/h3-7,9,14,20-21H,8H2,1-2H3,(H,18,19)/t14-/m0/s1. The lowest BCUT2D eigenvalue weighted by Crippen LogP contribution is -2.29. The third kappa shape index (κ3) is 3.66. The first-order chi connectivity index (χ1) is 10.0. The summed E-state index contributed by atoms with van der Waals surface area (Å²) in [6.07, 6.45) is 2.97. The highest BCUT2D eigenvalue weighted by molar-refractivity contribution is 5.61. The highest BCUT2D eigenvalue weighted by atomic mass is 19.1. The number of hydrogen-bond donors (Lipinski definition) is 3. The van der Waals surface area contributed by atoms with Crippen molar-refractivity contribution < 1.29 is 14.6 Å². The quantitative estimate of drug-likeness (QED) is 0.788. The molecule has 0 unspecified atom stereocenters. The van der Waals surface area contributed by atoms with Crippen LogP contribution in [0.3, 0.4) is 0 Å². The number of aliphatic hydroxyl groups is 1. The van der Waals surface area contributed by atoms with Crippen LogP contribution in [0.25, 0.3) is 11.3 Å². The van der Waals surface area contributed by atoms with Gasteiger partial charge in [-0.2, -0.15) is 0 Å². The van der Waals surface area contributed by atoms with Crippen molar-refractivity contribution in [2.45, 2.75) is 19.9 Å². The van der Waals surface area contributed by atoms with Crippen molar-refractivity contribution in [2.75, 3.05) is 11.9 Å². The molecule has 0 aliphatic carbocycles. The van der Waals surface area contributed by atoms with Gasteiger partial charge < -0.3 is 15.5 Å². The van der Waals surface area contributed by atoms with Crippen molar-refractivity contribution in [3.8, 4) is 17.0 Å². The molecule has 0 saturated heterocycles. The zero-order chi connectivity index (χ0) is 15.4. The Labute approximate surface area is 122 Å². The summed E-state index contributed by atoms with van der Waals surface area (Å²) >= 11 is 0. The highest BCUT2D eigenvalue weighted by Gasteiger charge is 2.14. The second-order valence-electron chi connectivity index (χ2n) is 5.13. The maximum atomic E-state index is 13.8. The summed E-state index contributed by atoms with van der Waals surface area (Å²) in [4.78, 5) is 8.33. The Bertz CT molecular complexity index is 620. The van der Waals surface area contributed by atoms with Crippen LogP contribution in [0.5, 0.6) is 5.75 Å². The number of nitrogens with zero attached hydrogens (tertiary/aromatic N) is 2. The molecule has 1 aromatic carbocycles. The van der Waals surface area contributed by atoms with Gasteiger partial charge in [-0.3, -0.25) is 4.98 Å². The van der Waals surface area contributed by atoms with E-state index in [0.29, 0.717) is 11.5 Å². The molecule has 0 radical (unpaired) electrons. The van der Waals surface area contributed by atoms with Crippen LogP contribution < -0.4 is 5.32 Å². The number of rotatable bonds is 5. The lowest BCUT2D eigenvalue weighted by molar-refractivity contribution is 0.249. The number of halogens is 1. The van der Waals surface area contributed by atoms with Crippen molar-refractivity contribution in [3.05, 3.63) is 36.4 Å². The van der Waals surface area contributed by atoms with Gasteiger partial charge in [0.25, 0.3) is 0 Å². The zero-order valence-corrected chi connectivity index (χ0v) is 11.9. The summed E-state index contributed by atoms with van der Waals surface area (Å²) < 4.78 is 13.8. The van der Waals surface area contributed by atoms with Gasteiger partial charge in [-0.25, -0.2) is 9.37 Å². The lowest BCUT2D eigenvalue weighted by atomic mass is 10.1. The fourth-order valence-electron chi connectivity index (χ4n) is 1.89. The van der Waals surface area contributed by atoms with E-state index in [1.807, 2.05) is 13.8 Å². The number of aliphatic hydroxyl groups excluding tert-OH is 1. The van der Waals surface area contributed by atoms with Gasteiger partial charge >= 0.3 is 0 Å². The molecule has 0 amide bonds. The van der Waals surface area contributed by atoms with E-state index in [1.165, 1.54) is 24.5 Å². The van der Waals surface area contributed by atoms with E-state index in [4.69, 9.17) is 0 Å². The summed E-state index contributed by atoms with van der Waals surface area (Å²) in [7, 11) is 0. The van der Waals surface area contributed by atoms with E-state index in [2.05, 4.69) is 15.3 Å². The smallest absolute Gasteiger partial charge is 0.145 e. The predicted octanol–water partition coefficient (Wildman–Crippen LogP) is 2.42. The normalized spacial score (nSPS) is 12.4. The van der Waals surface area contributed by atoms with E-state index in [0.717, 1.165) is 6.07 Å². The molecule has 0 saturated carbocycles. The molecular weight excluding hydrogens is 273 g/mol. The fourth-order valence-corrected chi connectivity index (χ4v) is 1.89. The molecule has 2 aromatic rings. The number of nitrogens with one attached hydrogen (secondary N) is 1. The van der Waals surface area contributed by atoms with Gasteiger partial charge in [0.15, 0.2) is 0 Å². The summed E-state index contributed by atoms with van der Waals surface area (Å²) in [5.74, 6) is -0.0266. The number of phenols is 1. The Morgan fingerprint density at radius 1 is 1.29 bits per heavy atom. The number of benzene rings is 1. The Morgan fingerprint density at radius 2 is 2.05 bits per heavy atom. The fraction of sp³-hybridized carbons (Fsp3) is 0.333. The minimum Gasteiger partial charge on any atom is -0.508 e. The molecule has 3 N–H and O–H groups in total. The third-order valence-corrected chi connectivity index (χ3v) is 3.20. The van der Waals surface area contributed by atoms with E-state index < -0.39 is 5.82 Å². The summed E-state index contributed by atoms with van der Waals surface area (Å²) in [5, 5.41) is 21.6. The van der Waals surface area contributed by atoms with Crippen LogP contribution in [0.2, 0.25) is 0 Å². The molecule has 0 spiro atoms. The van der Waals surface area contributed by atoms with E-state index in [-0.39, 0.29) is 29.9 Å². The Balaban J connectivity index is 2.29. The molecule has 0 aliphatic heterocycles. The average Bonchev–Trinajstić information content (AvgIpc) is 2.44. The Kier molecular flexibility index (Phi) is 4.70. The SMILES string of the molecule is CC(C)[C@H](CO)Nc1cncc(-c2ccc(O)cc2F)n1. The first-order valence-corrected chi connectivity index (χ1v) is 6.69. The van der Waals surface area contributed by atoms with Crippen LogP contribution in [0.4, 0.5) is 10.2 Å². The van der Waals surface area contributed by atoms with Crippen molar-refractivity contribution in [3.63, 3.8) is 0 Å². The van der Waals surface area contributed by atoms with Crippen LogP contribution in [-0.2, 0) is 0 Å². The highest BCUT2D eigenvalue weighted by Crippen LogP contribution is 2.24. The predicted molar refractivity (Wildman–Crippen MR) is 78.4 cm³/mol. The number of aromatic nitrogens is 2. The molecular formula is C15H18FN3O2. The molecule has 112 valence electrons. The molecule has 0 bridgehead atoms. The van der Waals surface area contributed by atoms with Gasteiger partial charge in [-0.05, 0) is 18.1 Å². The Hall–Kier alpha value is -2.21. The van der Waals surface area contributed by atoms with Gasteiger partial charge in [0, 0.05) is 11.6 Å². The van der Waals surface area contributed by atoms with E-state index in [9.17, 15) is 14.6 Å². The molecule has 0 aliphatic rings. The van der Waals surface area contributed by atoms with Gasteiger partial charge in [0.05, 0.1) is 30.7 Å². The van der Waals surface area contributed by atoms with Crippen molar-refractivity contribution in [1.29, 1.82) is 0 Å². The van der Waals surface area contributed by atoms with Gasteiger partial charge in [0.1, 0.15) is 17.4 Å². The first-order valence-electron chi connectivity index (χ1n) is 6.69. The average molecular weight is 291 g/mol. The minimum atomic E-state index is -0.566. The van der Waals surface area contributed by atoms with Crippen molar-refractivity contribution in [1.82, 2.24) is 9.97 Å². The van der Waals surface area contributed by atoms with Crippen molar-refractivity contribution in [2.24, 2.45) is 5.92 Å². The van der Waals surface area contributed by atoms with Gasteiger partial charge in [-0.15, -0.1) is 0 Å². The monoisotopic (exact) mass is 291 g/mol. The molecule has 1 heterocycles. The lowest BCUT2D eigenvalue weighted by Gasteiger charge is -2.20. The van der Waals surface area contributed by atoms with Crippen LogP contribution in [0.1, 0.15) is 13.8 Å². The van der Waals surface area contributed by atoms with E-state index >= 15 is 0 Å². The maximum absolute atomic E-state index is 13.8. The summed E-state index contributed by atoms with van der Waals surface area (Å²) in [6, 6.07) is 3.72. The minimum absolute atomic E-state index is 0.0306. The summed E-state index contributed by atoms with van der Waals surface area (Å²) in [5.41, 5.74) is 0.618. The van der Waals surface area contributed by atoms with Crippen LogP contribution in [0, 0.1) is 11.7 Å². The number of phenolic OH excluding ortho intramolecular Hbond substituents is 1. The number of hydrogen-bond acceptors (Lipinski definition) is 5. The van der Waals surface area contributed by atoms with Gasteiger partial charge in [-0.1, -0.05) is 13.8 Å².